The Morgan fingerprint density at radius 2 is 2.21 bits per heavy atom. The molecule has 1 fully saturated rings. The molecule has 0 saturated carbocycles. The summed E-state index contributed by atoms with van der Waals surface area (Å²) in [6.45, 7) is 4.43. The average Bonchev–Trinajstić information content (AvgIpc) is 2.67. The molecule has 0 bridgehead atoms. The van der Waals surface area contributed by atoms with Gasteiger partial charge in [0.2, 0.25) is 0 Å². The minimum atomic E-state index is -2.90. The minimum Gasteiger partial charge on any atom is -0.326 e. The third-order valence-electron chi connectivity index (χ3n) is 3.64. The van der Waals surface area contributed by atoms with E-state index in [1.54, 1.807) is 4.68 Å². The van der Waals surface area contributed by atoms with Crippen LogP contribution in [0.25, 0.3) is 0 Å². The molecule has 1 aliphatic rings. The highest BCUT2D eigenvalue weighted by Crippen LogP contribution is 2.28. The van der Waals surface area contributed by atoms with Crippen molar-refractivity contribution in [2.75, 3.05) is 18.1 Å². The van der Waals surface area contributed by atoms with Gasteiger partial charge in [-0.05, 0) is 13.8 Å². The van der Waals surface area contributed by atoms with Crippen LogP contribution in [0.2, 0.25) is 0 Å². The zero-order valence-electron chi connectivity index (χ0n) is 11.7. The molecular weight excluding hydrogens is 264 g/mol. The second kappa shape index (κ2) is 5.22. The third-order valence-corrected chi connectivity index (χ3v) is 5.44. The highest BCUT2D eigenvalue weighted by molar-refractivity contribution is 7.91. The molecule has 0 amide bonds. The Kier molecular flexibility index (Phi) is 3.98. The van der Waals surface area contributed by atoms with Crippen LogP contribution in [0.15, 0.2) is 12.4 Å². The maximum absolute atomic E-state index is 11.7. The number of aryl methyl sites for hydroxylation is 1. The summed E-state index contributed by atoms with van der Waals surface area (Å²) < 4.78 is 25.1. The molecule has 3 atom stereocenters. The third kappa shape index (κ3) is 3.16. The van der Waals surface area contributed by atoms with E-state index in [9.17, 15) is 8.42 Å². The molecule has 0 radical (unpaired) electrons. The van der Waals surface area contributed by atoms with Gasteiger partial charge in [0.15, 0.2) is 9.84 Å². The normalized spacial score (nSPS) is 27.1. The first-order valence-electron chi connectivity index (χ1n) is 6.50. The highest BCUT2D eigenvalue weighted by Gasteiger charge is 2.35. The smallest absolute Gasteiger partial charge is 0.153 e. The average molecular weight is 286 g/mol. The molecular formula is C12H22N4O2S. The first kappa shape index (κ1) is 14.5. The predicted molar refractivity (Wildman–Crippen MR) is 74.4 cm³/mol. The van der Waals surface area contributed by atoms with Crippen LogP contribution < -0.4 is 5.73 Å². The molecule has 2 rings (SSSR count). The summed E-state index contributed by atoms with van der Waals surface area (Å²) in [6, 6.07) is -0.0818. The van der Waals surface area contributed by atoms with Crippen LogP contribution >= 0.6 is 0 Å². The van der Waals surface area contributed by atoms with Gasteiger partial charge in [0, 0.05) is 37.4 Å². The molecule has 1 saturated heterocycles. The Morgan fingerprint density at radius 1 is 1.53 bits per heavy atom. The van der Waals surface area contributed by atoms with E-state index in [1.807, 2.05) is 33.3 Å². The van der Waals surface area contributed by atoms with Crippen molar-refractivity contribution in [3.05, 3.63) is 18.0 Å². The zero-order valence-corrected chi connectivity index (χ0v) is 12.5. The van der Waals surface area contributed by atoms with Crippen molar-refractivity contribution in [3.8, 4) is 0 Å². The van der Waals surface area contributed by atoms with E-state index in [0.29, 0.717) is 6.54 Å². The van der Waals surface area contributed by atoms with E-state index < -0.39 is 9.84 Å². The minimum absolute atomic E-state index is 0.0131. The second-order valence-electron chi connectivity index (χ2n) is 5.45. The number of hydrogen-bond acceptors (Lipinski definition) is 5. The van der Waals surface area contributed by atoms with E-state index in [0.717, 1.165) is 5.56 Å². The number of sulfone groups is 1. The second-order valence-corrected chi connectivity index (χ2v) is 7.68. The Labute approximate surface area is 114 Å². The van der Waals surface area contributed by atoms with Crippen LogP contribution in [0.3, 0.4) is 0 Å². The zero-order chi connectivity index (χ0) is 14.2. The van der Waals surface area contributed by atoms with Gasteiger partial charge < -0.3 is 5.73 Å². The molecule has 3 unspecified atom stereocenters. The number of rotatable bonds is 3. The lowest BCUT2D eigenvalue weighted by Gasteiger charge is -2.40. The summed E-state index contributed by atoms with van der Waals surface area (Å²) in [5, 5.41) is 4.18. The van der Waals surface area contributed by atoms with E-state index in [2.05, 4.69) is 10.00 Å². The molecule has 0 aliphatic carbocycles. The standard InChI is InChI=1S/C12H22N4O2S/c1-9-8-19(17,18)5-4-16(9)12(10(2)13)11-6-14-15(3)7-11/h6-7,9-10,12H,4-5,8,13H2,1-3H3. The summed E-state index contributed by atoms with van der Waals surface area (Å²) in [6.07, 6.45) is 3.76. The molecule has 2 N–H and O–H groups in total. The summed E-state index contributed by atoms with van der Waals surface area (Å²) in [4.78, 5) is 2.18. The predicted octanol–water partition coefficient (Wildman–Crippen LogP) is -0.0727. The molecule has 7 heteroatoms. The first-order valence-corrected chi connectivity index (χ1v) is 8.32. The number of aromatic nitrogens is 2. The lowest BCUT2D eigenvalue weighted by atomic mass is 10.0. The molecule has 1 aromatic rings. The van der Waals surface area contributed by atoms with E-state index >= 15 is 0 Å². The van der Waals surface area contributed by atoms with Gasteiger partial charge in [-0.15, -0.1) is 0 Å². The number of nitrogens with two attached hydrogens (primary N) is 1. The van der Waals surface area contributed by atoms with Crippen molar-refractivity contribution in [1.29, 1.82) is 0 Å². The molecule has 1 aromatic heterocycles. The van der Waals surface area contributed by atoms with Crippen molar-refractivity contribution in [2.45, 2.75) is 32.0 Å². The number of nitrogens with zero attached hydrogens (tertiary/aromatic N) is 3. The van der Waals surface area contributed by atoms with Crippen molar-refractivity contribution in [2.24, 2.45) is 12.8 Å². The highest BCUT2D eigenvalue weighted by atomic mass is 32.2. The van der Waals surface area contributed by atoms with Gasteiger partial charge in [0.05, 0.1) is 23.7 Å². The van der Waals surface area contributed by atoms with Crippen molar-refractivity contribution in [1.82, 2.24) is 14.7 Å². The summed E-state index contributed by atoms with van der Waals surface area (Å²) >= 11 is 0. The molecule has 6 nitrogen and oxygen atoms in total. The Bertz CT molecular complexity index is 538. The Morgan fingerprint density at radius 3 is 2.68 bits per heavy atom. The van der Waals surface area contributed by atoms with Gasteiger partial charge in [-0.2, -0.15) is 5.10 Å². The van der Waals surface area contributed by atoms with E-state index in [4.69, 9.17) is 5.73 Å². The lowest BCUT2D eigenvalue weighted by Crippen LogP contribution is -2.52. The molecule has 0 spiro atoms. The van der Waals surface area contributed by atoms with Crippen LogP contribution in [0.1, 0.15) is 25.5 Å². The van der Waals surface area contributed by atoms with Crippen molar-refractivity contribution < 1.29 is 8.42 Å². The van der Waals surface area contributed by atoms with Crippen molar-refractivity contribution in [3.63, 3.8) is 0 Å². The molecule has 0 aromatic carbocycles. The fourth-order valence-electron chi connectivity index (χ4n) is 2.81. The van der Waals surface area contributed by atoms with Crippen LogP contribution in [-0.2, 0) is 16.9 Å². The first-order chi connectivity index (χ1) is 8.80. The largest absolute Gasteiger partial charge is 0.326 e. The monoisotopic (exact) mass is 286 g/mol. The van der Waals surface area contributed by atoms with Gasteiger partial charge in [0.25, 0.3) is 0 Å². The quantitative estimate of drug-likeness (QED) is 0.841. The SMILES string of the molecule is CC(N)C(c1cnn(C)c1)N1CCS(=O)(=O)CC1C. The maximum Gasteiger partial charge on any atom is 0.153 e. The molecule has 2 heterocycles. The Hall–Kier alpha value is -0.920. The molecule has 108 valence electrons. The van der Waals surface area contributed by atoms with Crippen LogP contribution in [0, 0.1) is 0 Å². The fraction of sp³-hybridized carbons (Fsp3) is 0.750. The van der Waals surface area contributed by atoms with Crippen LogP contribution in [-0.4, -0.2) is 53.2 Å². The summed E-state index contributed by atoms with van der Waals surface area (Å²) in [5.74, 6) is 0.414. The number of hydrogen-bond donors (Lipinski definition) is 1. The molecule has 19 heavy (non-hydrogen) atoms. The van der Waals surface area contributed by atoms with E-state index in [1.165, 1.54) is 0 Å². The lowest BCUT2D eigenvalue weighted by molar-refractivity contribution is 0.140. The summed E-state index contributed by atoms with van der Waals surface area (Å²) in [5.41, 5.74) is 7.16. The maximum atomic E-state index is 11.7. The van der Waals surface area contributed by atoms with Gasteiger partial charge in [-0.1, -0.05) is 0 Å². The topological polar surface area (TPSA) is 81.2 Å². The van der Waals surface area contributed by atoms with Crippen LogP contribution in [0.5, 0.6) is 0 Å². The summed E-state index contributed by atoms with van der Waals surface area (Å²) in [7, 11) is -1.04. The van der Waals surface area contributed by atoms with Gasteiger partial charge >= 0.3 is 0 Å². The van der Waals surface area contributed by atoms with Gasteiger partial charge in [0.1, 0.15) is 0 Å². The molecule has 1 aliphatic heterocycles. The van der Waals surface area contributed by atoms with Gasteiger partial charge in [-0.3, -0.25) is 9.58 Å². The fourth-order valence-corrected chi connectivity index (χ4v) is 4.40. The van der Waals surface area contributed by atoms with Gasteiger partial charge in [-0.25, -0.2) is 8.42 Å². The van der Waals surface area contributed by atoms with Crippen molar-refractivity contribution >= 4 is 9.84 Å². The van der Waals surface area contributed by atoms with Crippen LogP contribution in [0.4, 0.5) is 0 Å². The van der Waals surface area contributed by atoms with E-state index in [-0.39, 0.29) is 29.6 Å². The Balaban J connectivity index is 2.26.